The van der Waals surface area contributed by atoms with E-state index in [0.29, 0.717) is 4.47 Å². The van der Waals surface area contributed by atoms with Gasteiger partial charge in [-0.2, -0.15) is 0 Å². The van der Waals surface area contributed by atoms with Crippen molar-refractivity contribution < 1.29 is 4.39 Å². The van der Waals surface area contributed by atoms with E-state index in [2.05, 4.69) is 15.9 Å². The zero-order valence-corrected chi connectivity index (χ0v) is 8.79. The lowest BCUT2D eigenvalue weighted by Gasteiger charge is -2.00. The molecule has 1 fully saturated rings. The summed E-state index contributed by atoms with van der Waals surface area (Å²) in [5.41, 5.74) is 0. The number of hydrogen-bond acceptors (Lipinski definition) is 1. The maximum atomic E-state index is 12.8. The van der Waals surface area contributed by atoms with E-state index in [1.54, 1.807) is 0 Å². The van der Waals surface area contributed by atoms with Gasteiger partial charge in [-0.15, -0.1) is 11.8 Å². The molecule has 0 bridgehead atoms. The van der Waals surface area contributed by atoms with Crippen molar-refractivity contribution in [2.24, 2.45) is 0 Å². The van der Waals surface area contributed by atoms with Gasteiger partial charge in [-0.1, -0.05) is 0 Å². The standard InChI is InChI=1S/C9H8BrFS/c10-8-5-7(3-4-9(8)11)12-6-1-2-6/h3-6H,1-2H2. The van der Waals surface area contributed by atoms with Gasteiger partial charge in [-0.25, -0.2) is 4.39 Å². The van der Waals surface area contributed by atoms with Gasteiger partial charge in [-0.3, -0.25) is 0 Å². The molecule has 0 heterocycles. The Hall–Kier alpha value is -0.0200. The van der Waals surface area contributed by atoms with Crippen molar-refractivity contribution in [1.82, 2.24) is 0 Å². The molecule has 0 aliphatic heterocycles. The largest absolute Gasteiger partial charge is 0.206 e. The van der Waals surface area contributed by atoms with Crippen LogP contribution in [0.15, 0.2) is 27.6 Å². The van der Waals surface area contributed by atoms with Crippen LogP contribution in [0.3, 0.4) is 0 Å². The minimum atomic E-state index is -0.185. The van der Waals surface area contributed by atoms with E-state index in [1.165, 1.54) is 18.9 Å². The zero-order chi connectivity index (χ0) is 8.55. The second-order valence-electron chi connectivity index (χ2n) is 2.89. The summed E-state index contributed by atoms with van der Waals surface area (Å²) in [4.78, 5) is 1.16. The van der Waals surface area contributed by atoms with Gasteiger partial charge in [-0.05, 0) is 47.0 Å². The van der Waals surface area contributed by atoms with E-state index in [9.17, 15) is 4.39 Å². The Morgan fingerprint density at radius 2 is 2.17 bits per heavy atom. The minimum absolute atomic E-state index is 0.185. The molecule has 0 spiro atoms. The Morgan fingerprint density at radius 1 is 1.42 bits per heavy atom. The van der Waals surface area contributed by atoms with Gasteiger partial charge in [0.05, 0.1) is 4.47 Å². The molecular formula is C9H8BrFS. The van der Waals surface area contributed by atoms with Crippen molar-refractivity contribution in [1.29, 1.82) is 0 Å². The molecule has 1 aliphatic rings. The molecule has 0 amide bonds. The maximum absolute atomic E-state index is 12.8. The normalized spacial score (nSPS) is 16.5. The molecule has 2 rings (SSSR count). The van der Waals surface area contributed by atoms with Crippen molar-refractivity contribution >= 4 is 27.7 Å². The van der Waals surface area contributed by atoms with Gasteiger partial charge < -0.3 is 0 Å². The van der Waals surface area contributed by atoms with E-state index in [0.717, 1.165) is 10.1 Å². The first kappa shape index (κ1) is 8.57. The highest BCUT2D eigenvalue weighted by molar-refractivity contribution is 9.10. The van der Waals surface area contributed by atoms with Crippen molar-refractivity contribution in [3.63, 3.8) is 0 Å². The fraction of sp³-hybridized carbons (Fsp3) is 0.333. The smallest absolute Gasteiger partial charge is 0.137 e. The second kappa shape index (κ2) is 3.38. The first-order chi connectivity index (χ1) is 5.75. The molecule has 0 saturated heterocycles. The van der Waals surface area contributed by atoms with Crippen LogP contribution >= 0.6 is 27.7 Å². The number of thioether (sulfide) groups is 1. The highest BCUT2D eigenvalue weighted by Crippen LogP contribution is 2.39. The topological polar surface area (TPSA) is 0 Å². The Labute approximate surface area is 83.7 Å². The predicted octanol–water partition coefficient (Wildman–Crippen LogP) is 3.84. The third-order valence-electron chi connectivity index (χ3n) is 1.72. The van der Waals surface area contributed by atoms with Gasteiger partial charge >= 0.3 is 0 Å². The average Bonchev–Trinajstić information content (AvgIpc) is 2.81. The van der Waals surface area contributed by atoms with E-state index in [1.807, 2.05) is 23.9 Å². The molecule has 1 aliphatic carbocycles. The first-order valence-corrected chi connectivity index (χ1v) is 5.54. The third-order valence-corrected chi connectivity index (χ3v) is 3.66. The Morgan fingerprint density at radius 3 is 2.75 bits per heavy atom. The molecule has 64 valence electrons. The molecule has 0 unspecified atom stereocenters. The third kappa shape index (κ3) is 2.02. The van der Waals surface area contributed by atoms with Crippen LogP contribution < -0.4 is 0 Å². The molecule has 3 heteroatoms. The lowest BCUT2D eigenvalue weighted by Crippen LogP contribution is -1.79. The summed E-state index contributed by atoms with van der Waals surface area (Å²) < 4.78 is 13.4. The lowest BCUT2D eigenvalue weighted by atomic mass is 10.3. The molecule has 0 nitrogen and oxygen atoms in total. The van der Waals surface area contributed by atoms with Gasteiger partial charge in [0.2, 0.25) is 0 Å². The van der Waals surface area contributed by atoms with E-state index in [4.69, 9.17) is 0 Å². The summed E-state index contributed by atoms with van der Waals surface area (Å²) in [6.07, 6.45) is 2.61. The molecule has 1 aromatic carbocycles. The summed E-state index contributed by atoms with van der Waals surface area (Å²) in [5, 5.41) is 0.780. The van der Waals surface area contributed by atoms with Gasteiger partial charge in [0.15, 0.2) is 0 Å². The Kier molecular flexibility index (Phi) is 2.42. The van der Waals surface area contributed by atoms with Crippen LogP contribution in [0.1, 0.15) is 12.8 Å². The van der Waals surface area contributed by atoms with E-state index >= 15 is 0 Å². The fourth-order valence-electron chi connectivity index (χ4n) is 0.929. The van der Waals surface area contributed by atoms with Crippen LogP contribution in [0.5, 0.6) is 0 Å². The lowest BCUT2D eigenvalue weighted by molar-refractivity contribution is 0.619. The van der Waals surface area contributed by atoms with Crippen molar-refractivity contribution in [2.45, 2.75) is 23.0 Å². The van der Waals surface area contributed by atoms with E-state index < -0.39 is 0 Å². The number of halogens is 2. The van der Waals surface area contributed by atoms with Gasteiger partial charge in [0, 0.05) is 10.1 Å². The molecular weight excluding hydrogens is 239 g/mol. The van der Waals surface area contributed by atoms with Crippen LogP contribution in [0, 0.1) is 5.82 Å². The minimum Gasteiger partial charge on any atom is -0.206 e. The molecule has 0 N–H and O–H groups in total. The molecule has 0 atom stereocenters. The highest BCUT2D eigenvalue weighted by atomic mass is 79.9. The molecule has 0 radical (unpaired) electrons. The van der Waals surface area contributed by atoms with Crippen molar-refractivity contribution in [3.05, 3.63) is 28.5 Å². The van der Waals surface area contributed by atoms with Gasteiger partial charge in [0.25, 0.3) is 0 Å². The fourth-order valence-corrected chi connectivity index (χ4v) is 2.55. The zero-order valence-electron chi connectivity index (χ0n) is 6.39. The summed E-state index contributed by atoms with van der Waals surface area (Å²) in [7, 11) is 0. The Bertz CT molecular complexity index is 297. The van der Waals surface area contributed by atoms with Crippen LogP contribution in [0.25, 0.3) is 0 Å². The van der Waals surface area contributed by atoms with Crippen LogP contribution in [-0.2, 0) is 0 Å². The molecule has 0 aromatic heterocycles. The van der Waals surface area contributed by atoms with Crippen LogP contribution in [0.4, 0.5) is 4.39 Å². The Balaban J connectivity index is 2.15. The number of hydrogen-bond donors (Lipinski definition) is 0. The summed E-state index contributed by atoms with van der Waals surface area (Å²) in [6.45, 7) is 0. The number of rotatable bonds is 2. The molecule has 1 saturated carbocycles. The second-order valence-corrected chi connectivity index (χ2v) is 5.12. The number of benzene rings is 1. The van der Waals surface area contributed by atoms with Crippen molar-refractivity contribution in [3.8, 4) is 0 Å². The summed E-state index contributed by atoms with van der Waals surface area (Å²) in [6, 6.07) is 5.19. The summed E-state index contributed by atoms with van der Waals surface area (Å²) in [5.74, 6) is -0.185. The molecule has 1 aromatic rings. The van der Waals surface area contributed by atoms with Crippen LogP contribution in [0.2, 0.25) is 0 Å². The average molecular weight is 247 g/mol. The predicted molar refractivity (Wildman–Crippen MR) is 53.0 cm³/mol. The van der Waals surface area contributed by atoms with E-state index in [-0.39, 0.29) is 5.82 Å². The SMILES string of the molecule is Fc1ccc(SC2CC2)cc1Br. The molecule has 12 heavy (non-hydrogen) atoms. The quantitative estimate of drug-likeness (QED) is 0.765. The first-order valence-electron chi connectivity index (χ1n) is 3.87. The summed E-state index contributed by atoms with van der Waals surface area (Å²) >= 11 is 5.00. The monoisotopic (exact) mass is 246 g/mol. The highest BCUT2D eigenvalue weighted by Gasteiger charge is 2.22. The van der Waals surface area contributed by atoms with Crippen LogP contribution in [-0.4, -0.2) is 5.25 Å². The van der Waals surface area contributed by atoms with Gasteiger partial charge in [0.1, 0.15) is 5.82 Å². The van der Waals surface area contributed by atoms with Crippen molar-refractivity contribution in [2.75, 3.05) is 0 Å². The maximum Gasteiger partial charge on any atom is 0.137 e.